The first-order valence-corrected chi connectivity index (χ1v) is 5.42. The predicted octanol–water partition coefficient (Wildman–Crippen LogP) is 2.95. The van der Waals surface area contributed by atoms with Gasteiger partial charge in [-0.1, -0.05) is 0 Å². The number of nitrogens with zero attached hydrogens (tertiary/aromatic N) is 1. The summed E-state index contributed by atoms with van der Waals surface area (Å²) in [6.07, 6.45) is 8.90. The number of fused-ring (bicyclic) bond motifs is 1. The molecule has 1 aromatic heterocycles. The van der Waals surface area contributed by atoms with Crippen LogP contribution in [0.3, 0.4) is 0 Å². The average Bonchev–Trinajstić information content (AvgIpc) is 2.48. The maximum absolute atomic E-state index is 3.21. The van der Waals surface area contributed by atoms with Crippen molar-refractivity contribution in [2.24, 2.45) is 0 Å². The van der Waals surface area contributed by atoms with Gasteiger partial charge in [-0.05, 0) is 37.8 Å². The van der Waals surface area contributed by atoms with Crippen LogP contribution in [0.25, 0.3) is 0 Å². The summed E-state index contributed by atoms with van der Waals surface area (Å²) in [4.78, 5) is 0. The molecular weight excluding hydrogens is 170 g/mol. The van der Waals surface area contributed by atoms with Crippen molar-refractivity contribution in [3.8, 4) is 11.8 Å². The molecule has 1 nitrogen and oxygen atoms in total. The lowest BCUT2D eigenvalue weighted by Crippen LogP contribution is -1.95. The van der Waals surface area contributed by atoms with E-state index in [-0.39, 0.29) is 0 Å². The molecule has 0 spiro atoms. The fourth-order valence-corrected chi connectivity index (χ4v) is 1.88. The largest absolute Gasteiger partial charge is 0.351 e. The first-order valence-electron chi connectivity index (χ1n) is 5.42. The van der Waals surface area contributed by atoms with Crippen molar-refractivity contribution in [3.05, 3.63) is 23.5 Å². The highest BCUT2D eigenvalue weighted by atomic mass is 15.0. The lowest BCUT2D eigenvalue weighted by molar-refractivity contribution is 0.601. The molecule has 1 heterocycles. The van der Waals surface area contributed by atoms with Gasteiger partial charge in [-0.3, -0.25) is 0 Å². The molecule has 0 amide bonds. The van der Waals surface area contributed by atoms with Gasteiger partial charge in [0.15, 0.2) is 0 Å². The molecule has 14 heavy (non-hydrogen) atoms. The second-order valence-electron chi connectivity index (χ2n) is 4.20. The van der Waals surface area contributed by atoms with Crippen LogP contribution in [-0.4, -0.2) is 4.57 Å². The van der Waals surface area contributed by atoms with Gasteiger partial charge in [0.05, 0.1) is 0 Å². The molecule has 2 rings (SSSR count). The van der Waals surface area contributed by atoms with Gasteiger partial charge in [-0.25, -0.2) is 0 Å². The van der Waals surface area contributed by atoms with E-state index in [4.69, 9.17) is 0 Å². The van der Waals surface area contributed by atoms with E-state index in [2.05, 4.69) is 42.6 Å². The Balaban J connectivity index is 2.27. The molecular formula is C13H17N. The smallest absolute Gasteiger partial charge is 0.0274 e. The van der Waals surface area contributed by atoms with Gasteiger partial charge < -0.3 is 4.57 Å². The van der Waals surface area contributed by atoms with Crippen LogP contribution in [0.4, 0.5) is 0 Å². The second-order valence-corrected chi connectivity index (χ2v) is 4.20. The summed E-state index contributed by atoms with van der Waals surface area (Å²) in [5, 5.41) is 0. The second kappa shape index (κ2) is 3.92. The van der Waals surface area contributed by atoms with E-state index in [0.717, 1.165) is 25.7 Å². The van der Waals surface area contributed by atoms with Crippen molar-refractivity contribution in [3.63, 3.8) is 0 Å². The standard InChI is InChI=1S/C13H17N/c1-11(2)14-9-12-7-5-3-4-6-8-13(12)10-14/h9-11H,5-8H2,1-2H3. The van der Waals surface area contributed by atoms with E-state index in [0.29, 0.717) is 6.04 Å². The topological polar surface area (TPSA) is 4.93 Å². The third-order valence-corrected chi connectivity index (χ3v) is 2.78. The zero-order valence-corrected chi connectivity index (χ0v) is 9.01. The van der Waals surface area contributed by atoms with Crippen LogP contribution in [0.1, 0.15) is 43.9 Å². The van der Waals surface area contributed by atoms with Crippen LogP contribution < -0.4 is 0 Å². The molecule has 0 saturated heterocycles. The highest BCUT2D eigenvalue weighted by Gasteiger charge is 2.08. The lowest BCUT2D eigenvalue weighted by atomic mass is 10.0. The number of hydrogen-bond donors (Lipinski definition) is 0. The van der Waals surface area contributed by atoms with E-state index in [1.165, 1.54) is 11.1 Å². The summed E-state index contributed by atoms with van der Waals surface area (Å²) >= 11 is 0. The van der Waals surface area contributed by atoms with Gasteiger partial charge in [0.1, 0.15) is 0 Å². The molecule has 0 unspecified atom stereocenters. The first-order chi connectivity index (χ1) is 6.77. The number of aromatic nitrogens is 1. The maximum atomic E-state index is 3.21. The molecule has 1 aliphatic rings. The Morgan fingerprint density at radius 2 is 1.57 bits per heavy atom. The minimum atomic E-state index is 0.573. The predicted molar refractivity (Wildman–Crippen MR) is 59.2 cm³/mol. The zero-order valence-electron chi connectivity index (χ0n) is 9.01. The Morgan fingerprint density at radius 1 is 1.07 bits per heavy atom. The average molecular weight is 187 g/mol. The highest BCUT2D eigenvalue weighted by molar-refractivity contribution is 5.28. The fourth-order valence-electron chi connectivity index (χ4n) is 1.88. The molecule has 0 radical (unpaired) electrons. The van der Waals surface area contributed by atoms with E-state index in [1.54, 1.807) is 0 Å². The van der Waals surface area contributed by atoms with Gasteiger partial charge in [0, 0.05) is 31.3 Å². The van der Waals surface area contributed by atoms with Gasteiger partial charge in [-0.2, -0.15) is 0 Å². The molecule has 0 aromatic carbocycles. The third-order valence-electron chi connectivity index (χ3n) is 2.78. The number of aryl methyl sites for hydroxylation is 2. The molecule has 0 atom stereocenters. The van der Waals surface area contributed by atoms with Crippen molar-refractivity contribution in [1.82, 2.24) is 4.57 Å². The third kappa shape index (κ3) is 1.85. The van der Waals surface area contributed by atoms with Crippen molar-refractivity contribution < 1.29 is 0 Å². The Labute approximate surface area is 86.1 Å². The summed E-state index contributed by atoms with van der Waals surface area (Å²) in [7, 11) is 0. The Kier molecular flexibility index (Phi) is 2.63. The molecule has 1 aliphatic carbocycles. The molecule has 0 saturated carbocycles. The summed E-state index contributed by atoms with van der Waals surface area (Å²) < 4.78 is 2.32. The molecule has 74 valence electrons. The van der Waals surface area contributed by atoms with Crippen LogP contribution in [-0.2, 0) is 12.8 Å². The zero-order chi connectivity index (χ0) is 9.97. The van der Waals surface area contributed by atoms with Crippen LogP contribution in [0.15, 0.2) is 12.4 Å². The summed E-state index contributed by atoms with van der Waals surface area (Å²) in [5.41, 5.74) is 3.01. The van der Waals surface area contributed by atoms with Crippen molar-refractivity contribution in [2.75, 3.05) is 0 Å². The van der Waals surface area contributed by atoms with Gasteiger partial charge in [0.2, 0.25) is 0 Å². The molecule has 0 bridgehead atoms. The van der Waals surface area contributed by atoms with Crippen LogP contribution >= 0.6 is 0 Å². The Morgan fingerprint density at radius 3 is 2.00 bits per heavy atom. The van der Waals surface area contributed by atoms with Gasteiger partial charge >= 0.3 is 0 Å². The number of hydrogen-bond acceptors (Lipinski definition) is 0. The molecule has 0 N–H and O–H groups in total. The maximum Gasteiger partial charge on any atom is 0.0274 e. The van der Waals surface area contributed by atoms with Crippen LogP contribution in [0.5, 0.6) is 0 Å². The fraction of sp³-hybridized carbons (Fsp3) is 0.538. The van der Waals surface area contributed by atoms with E-state index in [9.17, 15) is 0 Å². The van der Waals surface area contributed by atoms with Crippen LogP contribution in [0, 0.1) is 11.8 Å². The molecule has 0 fully saturated rings. The minimum absolute atomic E-state index is 0.573. The SMILES string of the molecule is CC(C)n1cc2c(c1)CCC#CCC2. The lowest BCUT2D eigenvalue weighted by Gasteiger charge is -2.05. The number of rotatable bonds is 1. The van der Waals surface area contributed by atoms with Crippen LogP contribution in [0.2, 0.25) is 0 Å². The summed E-state index contributed by atoms with van der Waals surface area (Å²) in [5.74, 6) is 6.41. The van der Waals surface area contributed by atoms with Gasteiger partial charge in [0.25, 0.3) is 0 Å². The quantitative estimate of drug-likeness (QED) is 0.596. The summed E-state index contributed by atoms with van der Waals surface area (Å²) in [6, 6.07) is 0.573. The Bertz CT molecular complexity index is 344. The van der Waals surface area contributed by atoms with Crippen molar-refractivity contribution in [1.29, 1.82) is 0 Å². The van der Waals surface area contributed by atoms with E-state index in [1.807, 2.05) is 0 Å². The van der Waals surface area contributed by atoms with Gasteiger partial charge in [-0.15, -0.1) is 11.8 Å². The Hall–Kier alpha value is -1.16. The highest BCUT2D eigenvalue weighted by Crippen LogP contribution is 2.19. The monoisotopic (exact) mass is 187 g/mol. The molecule has 0 aliphatic heterocycles. The van der Waals surface area contributed by atoms with E-state index >= 15 is 0 Å². The molecule has 1 aromatic rings. The van der Waals surface area contributed by atoms with Crippen molar-refractivity contribution in [2.45, 2.75) is 45.6 Å². The van der Waals surface area contributed by atoms with E-state index < -0.39 is 0 Å². The summed E-state index contributed by atoms with van der Waals surface area (Å²) in [6.45, 7) is 4.45. The normalized spacial score (nSPS) is 15.4. The minimum Gasteiger partial charge on any atom is -0.351 e. The van der Waals surface area contributed by atoms with Crippen molar-refractivity contribution >= 4 is 0 Å². The molecule has 1 heteroatoms. The first kappa shape index (κ1) is 9.40.